The highest BCUT2D eigenvalue weighted by Gasteiger charge is 2.15. The summed E-state index contributed by atoms with van der Waals surface area (Å²) in [5.41, 5.74) is 10.5. The third-order valence-corrected chi connectivity index (χ3v) is 6.17. The number of hydrogen-bond acceptors (Lipinski definition) is 7. The maximum absolute atomic E-state index is 12.3. The van der Waals surface area contributed by atoms with Crippen LogP contribution in [-0.2, 0) is 33.8 Å². The fraction of sp³-hybridized carbons (Fsp3) is 0.269. The lowest BCUT2D eigenvalue weighted by Gasteiger charge is -2.14. The van der Waals surface area contributed by atoms with Crippen LogP contribution in [0.1, 0.15) is 22.9 Å². The van der Waals surface area contributed by atoms with Gasteiger partial charge in [-0.2, -0.15) is 0 Å². The Balaban J connectivity index is 1.52. The van der Waals surface area contributed by atoms with Crippen molar-refractivity contribution in [2.24, 2.45) is 5.73 Å². The molecule has 33 heavy (non-hydrogen) atoms. The average Bonchev–Trinajstić information content (AvgIpc) is 3.47. The summed E-state index contributed by atoms with van der Waals surface area (Å²) in [6.45, 7) is 3.03. The largest absolute Gasteiger partial charge is 0.489 e. The van der Waals surface area contributed by atoms with Gasteiger partial charge in [-0.1, -0.05) is 18.2 Å². The van der Waals surface area contributed by atoms with E-state index >= 15 is 0 Å². The van der Waals surface area contributed by atoms with E-state index in [1.165, 1.54) is 0 Å². The zero-order chi connectivity index (χ0) is 23.2. The number of thiophene rings is 1. The highest BCUT2D eigenvalue weighted by molar-refractivity contribution is 7.10. The second kappa shape index (κ2) is 10.7. The van der Waals surface area contributed by atoms with Gasteiger partial charge in [0.1, 0.15) is 24.0 Å². The van der Waals surface area contributed by atoms with E-state index in [4.69, 9.17) is 24.4 Å². The van der Waals surface area contributed by atoms with Crippen molar-refractivity contribution >= 4 is 28.3 Å². The van der Waals surface area contributed by atoms with Crippen molar-refractivity contribution in [2.75, 3.05) is 13.7 Å². The van der Waals surface area contributed by atoms with Crippen LogP contribution in [0.15, 0.2) is 64.6 Å². The summed E-state index contributed by atoms with van der Waals surface area (Å²) < 4.78 is 22.3. The van der Waals surface area contributed by atoms with Gasteiger partial charge in [-0.3, -0.25) is 4.79 Å². The molecule has 0 saturated carbocycles. The summed E-state index contributed by atoms with van der Waals surface area (Å²) >= 11 is 1.64. The Morgan fingerprint density at radius 2 is 2.03 bits per heavy atom. The van der Waals surface area contributed by atoms with Crippen molar-refractivity contribution < 1.29 is 23.4 Å². The standard InChI is InChI=1S/C26H27NO5S/c1-17(14-29-2)32-25(28)12-19-5-3-4-6-24(19)31-15-18-9-20-7-8-30-26(20)23(10-18)21-11-22(13-27)33-16-21/h3-11,16-17H,12-15,27H2,1-2H3. The molecule has 1 unspecified atom stereocenters. The minimum Gasteiger partial charge on any atom is -0.489 e. The maximum atomic E-state index is 12.3. The molecular formula is C26H27NO5S. The van der Waals surface area contributed by atoms with Gasteiger partial charge >= 0.3 is 5.97 Å². The number of rotatable bonds is 10. The van der Waals surface area contributed by atoms with Crippen molar-refractivity contribution in [2.45, 2.75) is 32.6 Å². The first-order chi connectivity index (χ1) is 16.1. The second-order valence-electron chi connectivity index (χ2n) is 7.82. The summed E-state index contributed by atoms with van der Waals surface area (Å²) in [5.74, 6) is 0.342. The summed E-state index contributed by atoms with van der Waals surface area (Å²) in [6, 6.07) is 15.7. The van der Waals surface area contributed by atoms with Gasteiger partial charge < -0.3 is 24.4 Å². The Labute approximate surface area is 196 Å². The quantitative estimate of drug-likeness (QED) is 0.319. The molecule has 0 aliphatic rings. The van der Waals surface area contributed by atoms with E-state index in [1.54, 1.807) is 31.6 Å². The Morgan fingerprint density at radius 1 is 1.18 bits per heavy atom. The Morgan fingerprint density at radius 3 is 2.82 bits per heavy atom. The fourth-order valence-corrected chi connectivity index (χ4v) is 4.48. The van der Waals surface area contributed by atoms with E-state index in [2.05, 4.69) is 23.6 Å². The fourth-order valence-electron chi connectivity index (χ4n) is 3.71. The molecule has 4 rings (SSSR count). The summed E-state index contributed by atoms with van der Waals surface area (Å²) in [6.07, 6.45) is 1.53. The number of nitrogens with two attached hydrogens (primary N) is 1. The van der Waals surface area contributed by atoms with E-state index in [9.17, 15) is 4.79 Å². The van der Waals surface area contributed by atoms with Gasteiger partial charge in [0.05, 0.1) is 19.3 Å². The first-order valence-electron chi connectivity index (χ1n) is 10.7. The van der Waals surface area contributed by atoms with Crippen LogP contribution in [0.5, 0.6) is 5.75 Å². The average molecular weight is 466 g/mol. The maximum Gasteiger partial charge on any atom is 0.310 e. The lowest BCUT2D eigenvalue weighted by atomic mass is 10.0. The molecule has 0 fully saturated rings. The summed E-state index contributed by atoms with van der Waals surface area (Å²) in [4.78, 5) is 13.4. The second-order valence-corrected chi connectivity index (χ2v) is 8.81. The molecule has 0 saturated heterocycles. The predicted molar refractivity (Wildman–Crippen MR) is 129 cm³/mol. The van der Waals surface area contributed by atoms with E-state index in [0.717, 1.165) is 38.1 Å². The number of carbonyl (C=O) groups is 1. The van der Waals surface area contributed by atoms with Gasteiger partial charge in [-0.15, -0.1) is 11.3 Å². The normalized spacial score (nSPS) is 12.1. The van der Waals surface area contributed by atoms with Gasteiger partial charge in [-0.25, -0.2) is 0 Å². The van der Waals surface area contributed by atoms with Crippen molar-refractivity contribution in [1.29, 1.82) is 0 Å². The van der Waals surface area contributed by atoms with Gasteiger partial charge in [-0.05, 0) is 53.8 Å². The Kier molecular flexibility index (Phi) is 7.44. The molecule has 6 nitrogen and oxygen atoms in total. The van der Waals surface area contributed by atoms with Crippen LogP contribution in [-0.4, -0.2) is 25.8 Å². The molecule has 0 spiro atoms. The minimum atomic E-state index is -0.314. The third kappa shape index (κ3) is 5.63. The predicted octanol–water partition coefficient (Wildman–Crippen LogP) is 5.32. The van der Waals surface area contributed by atoms with Gasteiger partial charge in [0.25, 0.3) is 0 Å². The minimum absolute atomic E-state index is 0.132. The zero-order valence-corrected chi connectivity index (χ0v) is 19.5. The summed E-state index contributed by atoms with van der Waals surface area (Å²) in [7, 11) is 1.58. The van der Waals surface area contributed by atoms with Crippen LogP contribution < -0.4 is 10.5 Å². The molecule has 0 amide bonds. The SMILES string of the molecule is COCC(C)OC(=O)Cc1ccccc1OCc1cc(-c2csc(CN)c2)c2occc2c1. The number of ether oxygens (including phenoxy) is 3. The van der Waals surface area contributed by atoms with E-state index in [-0.39, 0.29) is 18.5 Å². The molecular weight excluding hydrogens is 438 g/mol. The molecule has 0 bridgehead atoms. The van der Waals surface area contributed by atoms with Crippen molar-refractivity contribution in [3.05, 3.63) is 76.2 Å². The zero-order valence-electron chi connectivity index (χ0n) is 18.7. The summed E-state index contributed by atoms with van der Waals surface area (Å²) in [5, 5.41) is 3.10. The molecule has 2 N–H and O–H groups in total. The molecule has 4 aromatic rings. The third-order valence-electron chi connectivity index (χ3n) is 5.21. The van der Waals surface area contributed by atoms with Gasteiger partial charge in [0.2, 0.25) is 0 Å². The van der Waals surface area contributed by atoms with E-state index in [1.807, 2.05) is 30.3 Å². The molecule has 7 heteroatoms. The lowest BCUT2D eigenvalue weighted by Crippen LogP contribution is -2.21. The number of hydrogen-bond donors (Lipinski definition) is 1. The molecule has 172 valence electrons. The molecule has 0 aliphatic carbocycles. The van der Waals surface area contributed by atoms with E-state index < -0.39 is 0 Å². The number of esters is 1. The highest BCUT2D eigenvalue weighted by Crippen LogP contribution is 2.34. The van der Waals surface area contributed by atoms with Crippen LogP contribution in [0, 0.1) is 0 Å². The van der Waals surface area contributed by atoms with Gasteiger partial charge in [0.15, 0.2) is 0 Å². The molecule has 2 aromatic heterocycles. The van der Waals surface area contributed by atoms with Crippen LogP contribution in [0.3, 0.4) is 0 Å². The lowest BCUT2D eigenvalue weighted by molar-refractivity contribution is -0.149. The molecule has 0 radical (unpaired) electrons. The van der Waals surface area contributed by atoms with Crippen LogP contribution in [0.25, 0.3) is 22.1 Å². The number of furan rings is 1. The number of para-hydroxylation sites is 1. The van der Waals surface area contributed by atoms with Crippen LogP contribution >= 0.6 is 11.3 Å². The van der Waals surface area contributed by atoms with Gasteiger partial charge in [0, 0.05) is 35.0 Å². The molecule has 1 atom stereocenters. The first kappa shape index (κ1) is 23.0. The number of carbonyl (C=O) groups excluding carboxylic acids is 1. The topological polar surface area (TPSA) is 83.9 Å². The molecule has 2 heterocycles. The number of methoxy groups -OCH3 is 1. The van der Waals surface area contributed by atoms with Crippen molar-refractivity contribution in [3.8, 4) is 16.9 Å². The van der Waals surface area contributed by atoms with Crippen LogP contribution in [0.4, 0.5) is 0 Å². The highest BCUT2D eigenvalue weighted by atomic mass is 32.1. The van der Waals surface area contributed by atoms with Crippen molar-refractivity contribution in [3.63, 3.8) is 0 Å². The van der Waals surface area contributed by atoms with Crippen LogP contribution in [0.2, 0.25) is 0 Å². The van der Waals surface area contributed by atoms with E-state index in [0.29, 0.717) is 25.5 Å². The Bertz CT molecular complexity index is 1230. The smallest absolute Gasteiger partial charge is 0.310 e. The van der Waals surface area contributed by atoms with Crippen molar-refractivity contribution in [1.82, 2.24) is 0 Å². The number of benzene rings is 2. The first-order valence-corrected chi connectivity index (χ1v) is 11.6. The molecule has 0 aliphatic heterocycles. The monoisotopic (exact) mass is 465 g/mol. The molecule has 2 aromatic carbocycles. The Hall–Kier alpha value is -3.13. The number of fused-ring (bicyclic) bond motifs is 1.